The van der Waals surface area contributed by atoms with Gasteiger partial charge in [-0.15, -0.1) is 0 Å². The standard InChI is InChI=1S/C16H23/c1-3-10-15(2)11-6-4-7-12-16-13-8-5-9-14-16/h2,5,8-9,13-14H,3-4,6-7,10-12H2,1H3. The first kappa shape index (κ1) is 13.0. The number of hydrogen-bond acceptors (Lipinski definition) is 0. The van der Waals surface area contributed by atoms with E-state index in [1.54, 1.807) is 0 Å². The predicted octanol–water partition coefficient (Wildman–Crippen LogP) is 4.95. The van der Waals surface area contributed by atoms with Gasteiger partial charge < -0.3 is 0 Å². The van der Waals surface area contributed by atoms with Crippen LogP contribution in [-0.4, -0.2) is 0 Å². The zero-order chi connectivity index (χ0) is 11.6. The molecule has 0 spiro atoms. The Bertz CT molecular complexity index is 284. The van der Waals surface area contributed by atoms with Gasteiger partial charge in [-0.2, -0.15) is 0 Å². The summed E-state index contributed by atoms with van der Waals surface area (Å²) in [5, 5.41) is 0. The maximum Gasteiger partial charge on any atom is -0.0279 e. The Kier molecular flexibility index (Phi) is 6.64. The summed E-state index contributed by atoms with van der Waals surface area (Å²) < 4.78 is 0. The van der Waals surface area contributed by atoms with Crippen molar-refractivity contribution < 1.29 is 0 Å². The van der Waals surface area contributed by atoms with Gasteiger partial charge in [0, 0.05) is 0 Å². The first-order chi connectivity index (χ1) is 7.83. The van der Waals surface area contributed by atoms with Crippen LogP contribution in [0.2, 0.25) is 0 Å². The van der Waals surface area contributed by atoms with Gasteiger partial charge in [0.15, 0.2) is 0 Å². The molecule has 0 nitrogen and oxygen atoms in total. The third-order valence-electron chi connectivity index (χ3n) is 2.88. The maximum atomic E-state index is 5.89. The Morgan fingerprint density at radius 1 is 1.00 bits per heavy atom. The highest BCUT2D eigenvalue weighted by atomic mass is 14.0. The van der Waals surface area contributed by atoms with Gasteiger partial charge in [0.05, 0.1) is 0 Å². The van der Waals surface area contributed by atoms with Crippen LogP contribution in [0.4, 0.5) is 0 Å². The van der Waals surface area contributed by atoms with Crippen molar-refractivity contribution in [1.82, 2.24) is 0 Å². The Labute approximate surface area is 100 Å². The minimum atomic E-state index is 1.10. The smallest absolute Gasteiger partial charge is 0.0279 e. The molecule has 0 aliphatic carbocycles. The Balaban J connectivity index is 2.02. The van der Waals surface area contributed by atoms with Gasteiger partial charge in [0.1, 0.15) is 0 Å². The zero-order valence-corrected chi connectivity index (χ0v) is 10.4. The number of hydrogen-bond donors (Lipinski definition) is 0. The Morgan fingerprint density at radius 3 is 2.44 bits per heavy atom. The van der Waals surface area contributed by atoms with Crippen molar-refractivity contribution in [3.8, 4) is 0 Å². The van der Waals surface area contributed by atoms with E-state index in [0.29, 0.717) is 0 Å². The first-order valence-corrected chi connectivity index (χ1v) is 6.47. The summed E-state index contributed by atoms with van der Waals surface area (Å²) >= 11 is 0. The van der Waals surface area contributed by atoms with E-state index < -0.39 is 0 Å². The van der Waals surface area contributed by atoms with E-state index in [1.165, 1.54) is 43.2 Å². The summed E-state index contributed by atoms with van der Waals surface area (Å²) in [6, 6.07) is 10.7. The molecule has 0 unspecified atom stereocenters. The van der Waals surface area contributed by atoms with E-state index in [1.807, 2.05) is 0 Å². The van der Waals surface area contributed by atoms with Crippen molar-refractivity contribution in [2.45, 2.75) is 51.9 Å². The molecule has 0 saturated heterocycles. The van der Waals surface area contributed by atoms with E-state index in [9.17, 15) is 0 Å². The van der Waals surface area contributed by atoms with E-state index in [2.05, 4.69) is 37.3 Å². The van der Waals surface area contributed by atoms with Crippen molar-refractivity contribution in [2.24, 2.45) is 0 Å². The number of rotatable bonds is 8. The lowest BCUT2D eigenvalue weighted by Crippen LogP contribution is -1.87. The van der Waals surface area contributed by atoms with Gasteiger partial charge in [-0.25, -0.2) is 0 Å². The summed E-state index contributed by atoms with van der Waals surface area (Å²) in [6.07, 6.45) is 8.41. The van der Waals surface area contributed by atoms with E-state index in [-0.39, 0.29) is 0 Å². The number of allylic oxidation sites excluding steroid dienone is 1. The zero-order valence-electron chi connectivity index (χ0n) is 10.4. The van der Waals surface area contributed by atoms with Crippen molar-refractivity contribution >= 4 is 0 Å². The number of unbranched alkanes of at least 4 members (excludes halogenated alkanes) is 2. The van der Waals surface area contributed by atoms with Gasteiger partial charge in [0.2, 0.25) is 0 Å². The molecule has 0 heteroatoms. The fourth-order valence-electron chi connectivity index (χ4n) is 1.95. The lowest BCUT2D eigenvalue weighted by Gasteiger charge is -2.04. The molecule has 16 heavy (non-hydrogen) atoms. The van der Waals surface area contributed by atoms with Gasteiger partial charge >= 0.3 is 0 Å². The van der Waals surface area contributed by atoms with Crippen LogP contribution in [0, 0.1) is 6.58 Å². The summed E-state index contributed by atoms with van der Waals surface area (Å²) in [4.78, 5) is 0. The van der Waals surface area contributed by atoms with Crippen LogP contribution in [0.15, 0.2) is 35.9 Å². The second-order valence-corrected chi connectivity index (χ2v) is 4.45. The Hall–Kier alpha value is -1.04. The third-order valence-corrected chi connectivity index (χ3v) is 2.88. The van der Waals surface area contributed by atoms with Crippen molar-refractivity contribution in [3.63, 3.8) is 0 Å². The predicted molar refractivity (Wildman–Crippen MR) is 71.3 cm³/mol. The van der Waals surface area contributed by atoms with Crippen LogP contribution in [0.5, 0.6) is 0 Å². The molecule has 1 radical (unpaired) electrons. The van der Waals surface area contributed by atoms with E-state index in [4.69, 9.17) is 6.58 Å². The molecule has 0 bridgehead atoms. The largest absolute Gasteiger partial charge is 0.0702 e. The quantitative estimate of drug-likeness (QED) is 0.538. The van der Waals surface area contributed by atoms with Gasteiger partial charge in [-0.1, -0.05) is 62.2 Å². The molecule has 0 N–H and O–H groups in total. The van der Waals surface area contributed by atoms with Crippen LogP contribution in [0.1, 0.15) is 51.0 Å². The van der Waals surface area contributed by atoms with Crippen LogP contribution in [0.3, 0.4) is 0 Å². The molecule has 1 aromatic carbocycles. The highest BCUT2D eigenvalue weighted by Gasteiger charge is 1.95. The normalized spacial score (nSPS) is 10.3. The van der Waals surface area contributed by atoms with Gasteiger partial charge in [0.25, 0.3) is 0 Å². The van der Waals surface area contributed by atoms with Crippen LogP contribution in [0.25, 0.3) is 0 Å². The molecule has 87 valence electrons. The molecule has 0 saturated carbocycles. The molecule has 0 aliphatic rings. The molecule has 1 rings (SSSR count). The summed E-state index contributed by atoms with van der Waals surface area (Å²) in [6.45, 7) is 8.08. The van der Waals surface area contributed by atoms with Crippen LogP contribution < -0.4 is 0 Å². The number of benzene rings is 1. The SMILES string of the molecule is [CH]=C(CCC)CCCCCc1ccccc1. The van der Waals surface area contributed by atoms with Crippen molar-refractivity contribution in [2.75, 3.05) is 0 Å². The van der Waals surface area contributed by atoms with Crippen molar-refractivity contribution in [1.29, 1.82) is 0 Å². The highest BCUT2D eigenvalue weighted by molar-refractivity contribution is 5.14. The van der Waals surface area contributed by atoms with Crippen LogP contribution >= 0.6 is 0 Å². The average Bonchev–Trinajstić information content (AvgIpc) is 2.30. The lowest BCUT2D eigenvalue weighted by molar-refractivity contribution is 0.662. The molecular formula is C16H23. The Morgan fingerprint density at radius 2 is 1.75 bits per heavy atom. The van der Waals surface area contributed by atoms with Crippen LogP contribution in [-0.2, 0) is 6.42 Å². The first-order valence-electron chi connectivity index (χ1n) is 6.47. The van der Waals surface area contributed by atoms with E-state index in [0.717, 1.165) is 12.8 Å². The summed E-state index contributed by atoms with van der Waals surface area (Å²) in [5.41, 5.74) is 2.63. The summed E-state index contributed by atoms with van der Waals surface area (Å²) in [7, 11) is 0. The monoisotopic (exact) mass is 215 g/mol. The minimum Gasteiger partial charge on any atom is -0.0702 e. The molecule has 0 atom stereocenters. The van der Waals surface area contributed by atoms with Gasteiger partial charge in [-0.05, 0) is 37.7 Å². The molecule has 0 aromatic heterocycles. The fourth-order valence-corrected chi connectivity index (χ4v) is 1.95. The molecule has 0 aliphatic heterocycles. The topological polar surface area (TPSA) is 0 Å². The number of aryl methyl sites for hydroxylation is 1. The van der Waals surface area contributed by atoms with Crippen molar-refractivity contribution in [3.05, 3.63) is 48.0 Å². The second kappa shape index (κ2) is 8.15. The molecule has 0 fully saturated rings. The summed E-state index contributed by atoms with van der Waals surface area (Å²) in [5.74, 6) is 0. The molecule has 0 heterocycles. The molecule has 1 aromatic rings. The highest BCUT2D eigenvalue weighted by Crippen LogP contribution is 2.13. The second-order valence-electron chi connectivity index (χ2n) is 4.45. The van der Waals surface area contributed by atoms with E-state index >= 15 is 0 Å². The third kappa shape index (κ3) is 5.75. The average molecular weight is 215 g/mol. The fraction of sp³-hybridized carbons (Fsp3) is 0.500. The van der Waals surface area contributed by atoms with Gasteiger partial charge in [-0.3, -0.25) is 0 Å². The lowest BCUT2D eigenvalue weighted by atomic mass is 10.0. The molecule has 0 amide bonds. The minimum absolute atomic E-state index is 1.10. The molecular weight excluding hydrogens is 192 g/mol. The maximum absolute atomic E-state index is 5.89.